The maximum atomic E-state index is 12.9. The molecule has 1 aromatic carbocycles. The highest BCUT2D eigenvalue weighted by molar-refractivity contribution is 6.04. The highest BCUT2D eigenvalue weighted by Gasteiger charge is 2.23. The second-order valence-electron chi connectivity index (χ2n) is 7.61. The first-order chi connectivity index (χ1) is 15.3. The van der Waals surface area contributed by atoms with Crippen molar-refractivity contribution in [2.75, 3.05) is 6.61 Å². The summed E-state index contributed by atoms with van der Waals surface area (Å²) in [5, 5.41) is 7.20. The summed E-state index contributed by atoms with van der Waals surface area (Å²) in [6, 6.07) is 12.8. The van der Waals surface area contributed by atoms with Crippen LogP contribution in [0.3, 0.4) is 0 Å². The third-order valence-electron chi connectivity index (χ3n) is 5.17. The Bertz CT molecular complexity index is 1290. The lowest BCUT2D eigenvalue weighted by Crippen LogP contribution is -2.31. The van der Waals surface area contributed by atoms with Crippen LogP contribution in [0.1, 0.15) is 46.1 Å². The van der Waals surface area contributed by atoms with Crippen LogP contribution in [0.25, 0.3) is 22.4 Å². The van der Waals surface area contributed by atoms with E-state index in [2.05, 4.69) is 15.5 Å². The largest absolute Gasteiger partial charge is 0.466 e. The molecule has 0 fully saturated rings. The van der Waals surface area contributed by atoms with Gasteiger partial charge in [0.15, 0.2) is 6.61 Å². The first-order valence-electron chi connectivity index (χ1n) is 10.2. The lowest BCUT2D eigenvalue weighted by molar-refractivity contribution is -0.124. The molecule has 1 amide bonds. The van der Waals surface area contributed by atoms with Crippen LogP contribution in [0.2, 0.25) is 0 Å². The number of carbonyl (C=O) groups is 2. The van der Waals surface area contributed by atoms with Crippen LogP contribution in [0, 0.1) is 20.8 Å². The van der Waals surface area contributed by atoms with Gasteiger partial charge in [0.05, 0.1) is 28.4 Å². The van der Waals surface area contributed by atoms with E-state index in [0.29, 0.717) is 22.5 Å². The zero-order valence-electron chi connectivity index (χ0n) is 18.3. The number of fused-ring (bicyclic) bond motifs is 1. The van der Waals surface area contributed by atoms with E-state index in [1.807, 2.05) is 57.2 Å². The number of nitrogens with zero attached hydrogens (tertiary/aromatic N) is 2. The molecule has 1 unspecified atom stereocenters. The summed E-state index contributed by atoms with van der Waals surface area (Å²) in [4.78, 5) is 29.7. The summed E-state index contributed by atoms with van der Waals surface area (Å²) in [6.07, 6.45) is 0. The summed E-state index contributed by atoms with van der Waals surface area (Å²) >= 11 is 0. The normalized spacial score (nSPS) is 12.0. The maximum Gasteiger partial charge on any atom is 0.339 e. The number of aryl methyl sites for hydroxylation is 3. The van der Waals surface area contributed by atoms with Gasteiger partial charge in [-0.25, -0.2) is 9.78 Å². The second-order valence-corrected chi connectivity index (χ2v) is 7.61. The third-order valence-corrected chi connectivity index (χ3v) is 5.17. The fourth-order valence-electron chi connectivity index (χ4n) is 3.60. The Labute approximate surface area is 184 Å². The molecule has 164 valence electrons. The number of hydrogen-bond acceptors (Lipinski definition) is 7. The van der Waals surface area contributed by atoms with Crippen LogP contribution in [-0.4, -0.2) is 28.6 Å². The molecule has 0 aliphatic heterocycles. The molecule has 0 bridgehead atoms. The van der Waals surface area contributed by atoms with Crippen molar-refractivity contribution in [2.24, 2.45) is 0 Å². The number of carbonyl (C=O) groups excluding carboxylic acids is 2. The van der Waals surface area contributed by atoms with E-state index in [4.69, 9.17) is 13.7 Å². The van der Waals surface area contributed by atoms with Crippen LogP contribution in [-0.2, 0) is 9.53 Å². The van der Waals surface area contributed by atoms with E-state index < -0.39 is 18.5 Å². The average Bonchev–Trinajstić information content (AvgIpc) is 3.33. The molecule has 8 nitrogen and oxygen atoms in total. The van der Waals surface area contributed by atoms with Crippen molar-refractivity contribution in [1.29, 1.82) is 0 Å². The van der Waals surface area contributed by atoms with E-state index in [1.54, 1.807) is 13.0 Å². The van der Waals surface area contributed by atoms with Crippen LogP contribution in [0.15, 0.2) is 51.4 Å². The van der Waals surface area contributed by atoms with Crippen LogP contribution in [0.4, 0.5) is 0 Å². The van der Waals surface area contributed by atoms with Gasteiger partial charge in [0.25, 0.3) is 11.6 Å². The highest BCUT2D eigenvalue weighted by atomic mass is 16.5. The predicted molar refractivity (Wildman–Crippen MR) is 117 cm³/mol. The summed E-state index contributed by atoms with van der Waals surface area (Å²) < 4.78 is 16.2. The zero-order valence-corrected chi connectivity index (χ0v) is 18.3. The van der Waals surface area contributed by atoms with Gasteiger partial charge >= 0.3 is 5.97 Å². The van der Waals surface area contributed by atoms with E-state index in [9.17, 15) is 9.59 Å². The Hall–Kier alpha value is -3.94. The number of hydrogen-bond donors (Lipinski definition) is 1. The quantitative estimate of drug-likeness (QED) is 0.448. The van der Waals surface area contributed by atoms with Crippen molar-refractivity contribution < 1.29 is 23.3 Å². The summed E-state index contributed by atoms with van der Waals surface area (Å²) in [6.45, 7) is 6.81. The molecule has 4 rings (SSSR count). The zero-order chi connectivity index (χ0) is 22.8. The smallest absolute Gasteiger partial charge is 0.339 e. The number of benzene rings is 1. The van der Waals surface area contributed by atoms with Crippen molar-refractivity contribution in [1.82, 2.24) is 15.5 Å². The lowest BCUT2D eigenvalue weighted by Gasteiger charge is -2.14. The number of ether oxygens (including phenoxy) is 1. The van der Waals surface area contributed by atoms with Gasteiger partial charge in [-0.3, -0.25) is 4.79 Å². The van der Waals surface area contributed by atoms with Gasteiger partial charge in [-0.2, -0.15) is 0 Å². The molecule has 0 aliphatic carbocycles. The Kier molecular flexibility index (Phi) is 5.77. The number of nitrogens with one attached hydrogen (secondary N) is 1. The highest BCUT2D eigenvalue weighted by Crippen LogP contribution is 2.30. The fraction of sp³-hybridized carbons (Fsp3) is 0.250. The maximum absolute atomic E-state index is 12.9. The minimum atomic E-state index is -0.662. The van der Waals surface area contributed by atoms with Crippen LogP contribution in [0.5, 0.6) is 0 Å². The van der Waals surface area contributed by atoms with Crippen molar-refractivity contribution in [3.8, 4) is 11.3 Å². The van der Waals surface area contributed by atoms with E-state index in [0.717, 1.165) is 16.9 Å². The molecule has 0 aliphatic rings. The first kappa shape index (κ1) is 21.3. The number of pyridine rings is 1. The van der Waals surface area contributed by atoms with Gasteiger partial charge in [0, 0.05) is 5.56 Å². The monoisotopic (exact) mass is 433 g/mol. The third kappa shape index (κ3) is 4.25. The first-order valence-corrected chi connectivity index (χ1v) is 10.2. The molecule has 1 N–H and O–H groups in total. The molecule has 0 saturated heterocycles. The molecule has 8 heteroatoms. The molecule has 4 aromatic rings. The van der Waals surface area contributed by atoms with Crippen LogP contribution < -0.4 is 5.32 Å². The van der Waals surface area contributed by atoms with Gasteiger partial charge in [0.1, 0.15) is 11.5 Å². The van der Waals surface area contributed by atoms with Gasteiger partial charge in [-0.05, 0) is 45.4 Å². The average molecular weight is 433 g/mol. The number of aromatic nitrogens is 2. The van der Waals surface area contributed by atoms with Gasteiger partial charge in [-0.15, -0.1) is 0 Å². The molecule has 0 spiro atoms. The molecule has 3 heterocycles. The van der Waals surface area contributed by atoms with Crippen molar-refractivity contribution >= 4 is 23.0 Å². The van der Waals surface area contributed by atoms with Crippen molar-refractivity contribution in [3.05, 3.63) is 70.8 Å². The molecular weight excluding hydrogens is 410 g/mol. The number of rotatable bonds is 6. The predicted octanol–water partition coefficient (Wildman–Crippen LogP) is 4.44. The van der Waals surface area contributed by atoms with Crippen molar-refractivity contribution in [2.45, 2.75) is 33.7 Å². The number of furan rings is 1. The van der Waals surface area contributed by atoms with E-state index in [1.165, 1.54) is 0 Å². The van der Waals surface area contributed by atoms with Gasteiger partial charge in [0.2, 0.25) is 0 Å². The minimum absolute atomic E-state index is 0.214. The van der Waals surface area contributed by atoms with Crippen LogP contribution >= 0.6 is 0 Å². The molecule has 3 aromatic heterocycles. The minimum Gasteiger partial charge on any atom is -0.466 e. The molecular formula is C24H23N3O5. The van der Waals surface area contributed by atoms with E-state index >= 15 is 0 Å². The second kappa shape index (κ2) is 8.66. The Balaban J connectivity index is 1.54. The molecule has 0 saturated carbocycles. The molecule has 1 atom stereocenters. The number of amides is 1. The van der Waals surface area contributed by atoms with Crippen molar-refractivity contribution in [3.63, 3.8) is 0 Å². The SMILES string of the molecule is Cc1cc(-c2cc(C(=O)OCC(=O)NC(C)c3ccccc3)c3c(C)noc3n2)c(C)o1. The Morgan fingerprint density at radius 2 is 1.88 bits per heavy atom. The molecule has 32 heavy (non-hydrogen) atoms. The van der Waals surface area contributed by atoms with Gasteiger partial charge in [-0.1, -0.05) is 35.5 Å². The summed E-state index contributed by atoms with van der Waals surface area (Å²) in [5.74, 6) is 0.328. The fourth-order valence-corrected chi connectivity index (χ4v) is 3.60. The summed E-state index contributed by atoms with van der Waals surface area (Å²) in [5.41, 5.74) is 3.14. The summed E-state index contributed by atoms with van der Waals surface area (Å²) in [7, 11) is 0. The van der Waals surface area contributed by atoms with E-state index in [-0.39, 0.29) is 17.3 Å². The molecule has 0 radical (unpaired) electrons. The Morgan fingerprint density at radius 1 is 1.12 bits per heavy atom. The Morgan fingerprint density at radius 3 is 2.56 bits per heavy atom. The lowest BCUT2D eigenvalue weighted by atomic mass is 10.1. The standard InChI is InChI=1S/C24H23N3O5/c1-13-10-18(16(4)31-13)20-11-19(22-15(3)27-32-23(22)26-20)24(29)30-12-21(28)25-14(2)17-8-6-5-7-9-17/h5-11,14H,12H2,1-4H3,(H,25,28). The van der Waals surface area contributed by atoms with Gasteiger partial charge < -0.3 is 19.0 Å². The number of esters is 1. The topological polar surface area (TPSA) is 107 Å².